The molecule has 0 atom stereocenters. The van der Waals surface area contributed by atoms with Gasteiger partial charge in [0.25, 0.3) is 0 Å². The zero-order chi connectivity index (χ0) is 11.9. The molecule has 16 heavy (non-hydrogen) atoms. The lowest BCUT2D eigenvalue weighted by atomic mass is 10.1. The molecule has 0 aliphatic rings. The molecule has 0 aliphatic heterocycles. The lowest BCUT2D eigenvalue weighted by Crippen LogP contribution is -2.01. The molecule has 3 nitrogen and oxygen atoms in total. The van der Waals surface area contributed by atoms with Crippen LogP contribution in [0.15, 0.2) is 18.2 Å². The van der Waals surface area contributed by atoms with Gasteiger partial charge in [-0.15, -0.1) is 0 Å². The van der Waals surface area contributed by atoms with Gasteiger partial charge in [-0.3, -0.25) is 0 Å². The van der Waals surface area contributed by atoms with E-state index >= 15 is 0 Å². The maximum atomic E-state index is 13.1. The smallest absolute Gasteiger partial charge is 0.338 e. The van der Waals surface area contributed by atoms with Crippen molar-refractivity contribution >= 4 is 16.9 Å². The van der Waals surface area contributed by atoms with Gasteiger partial charge in [0.1, 0.15) is 5.82 Å². The Morgan fingerprint density at radius 1 is 1.50 bits per heavy atom. The number of aromatic carboxylic acids is 1. The average Bonchev–Trinajstić information content (AvgIpc) is 2.49. The topological polar surface area (TPSA) is 42.2 Å². The van der Waals surface area contributed by atoms with E-state index in [1.54, 1.807) is 6.92 Å². The van der Waals surface area contributed by atoms with Crippen LogP contribution in [0.5, 0.6) is 0 Å². The minimum Gasteiger partial charge on any atom is -0.478 e. The van der Waals surface area contributed by atoms with E-state index in [1.807, 2.05) is 11.5 Å². The summed E-state index contributed by atoms with van der Waals surface area (Å²) in [4.78, 5) is 11.1. The van der Waals surface area contributed by atoms with Gasteiger partial charge in [-0.25, -0.2) is 9.18 Å². The van der Waals surface area contributed by atoms with Crippen molar-refractivity contribution in [3.05, 3.63) is 35.3 Å². The summed E-state index contributed by atoms with van der Waals surface area (Å²) in [5, 5.41) is 9.73. The van der Waals surface area contributed by atoms with Crippen LogP contribution < -0.4 is 0 Å². The molecule has 2 aromatic rings. The highest BCUT2D eigenvalue weighted by Crippen LogP contribution is 2.26. The third-order valence-corrected chi connectivity index (χ3v) is 2.82. The third kappa shape index (κ3) is 1.38. The van der Waals surface area contributed by atoms with Crippen molar-refractivity contribution in [2.24, 2.45) is 0 Å². The van der Waals surface area contributed by atoms with E-state index < -0.39 is 5.97 Å². The SMILES string of the molecule is CCn1c(C)c(C(=O)O)c2ccc(F)cc21. The quantitative estimate of drug-likeness (QED) is 0.847. The zero-order valence-electron chi connectivity index (χ0n) is 9.12. The Kier molecular flexibility index (Phi) is 2.42. The molecule has 0 radical (unpaired) electrons. The maximum absolute atomic E-state index is 13.1. The fourth-order valence-corrected chi connectivity index (χ4v) is 2.13. The predicted octanol–water partition coefficient (Wildman–Crippen LogP) is 2.81. The first kappa shape index (κ1) is 10.7. The molecule has 4 heteroatoms. The Morgan fingerprint density at radius 3 is 2.75 bits per heavy atom. The number of rotatable bonds is 2. The second-order valence-corrected chi connectivity index (χ2v) is 3.67. The fourth-order valence-electron chi connectivity index (χ4n) is 2.13. The highest BCUT2D eigenvalue weighted by Gasteiger charge is 2.18. The van der Waals surface area contributed by atoms with Crippen molar-refractivity contribution in [3.63, 3.8) is 0 Å². The highest BCUT2D eigenvalue weighted by atomic mass is 19.1. The van der Waals surface area contributed by atoms with Gasteiger partial charge in [-0.2, -0.15) is 0 Å². The van der Waals surface area contributed by atoms with Crippen LogP contribution in [0.25, 0.3) is 10.9 Å². The molecule has 0 saturated carbocycles. The average molecular weight is 221 g/mol. The molecule has 0 bridgehead atoms. The van der Waals surface area contributed by atoms with Gasteiger partial charge in [-0.05, 0) is 32.0 Å². The Hall–Kier alpha value is -1.84. The molecule has 0 aliphatic carbocycles. The van der Waals surface area contributed by atoms with Crippen LogP contribution in [0.1, 0.15) is 23.0 Å². The van der Waals surface area contributed by atoms with E-state index in [0.717, 1.165) is 0 Å². The third-order valence-electron chi connectivity index (χ3n) is 2.82. The molecule has 0 saturated heterocycles. The summed E-state index contributed by atoms with van der Waals surface area (Å²) in [5.74, 6) is -1.32. The van der Waals surface area contributed by atoms with Crippen molar-refractivity contribution < 1.29 is 14.3 Å². The number of carbonyl (C=O) groups is 1. The van der Waals surface area contributed by atoms with Crippen LogP contribution in [0.4, 0.5) is 4.39 Å². The molecule has 2 rings (SSSR count). The molecule has 0 amide bonds. The number of carboxylic acids is 1. The number of hydrogen-bond donors (Lipinski definition) is 1. The molecular formula is C12H12FNO2. The molecule has 1 aromatic heterocycles. The Labute approximate surface area is 92.1 Å². The maximum Gasteiger partial charge on any atom is 0.338 e. The van der Waals surface area contributed by atoms with Gasteiger partial charge < -0.3 is 9.67 Å². The fraction of sp³-hybridized carbons (Fsp3) is 0.250. The molecule has 1 N–H and O–H groups in total. The Balaban J connectivity index is 2.91. The summed E-state index contributed by atoms with van der Waals surface area (Å²) in [7, 11) is 0. The largest absolute Gasteiger partial charge is 0.478 e. The molecule has 1 aromatic carbocycles. The van der Waals surface area contributed by atoms with Crippen molar-refractivity contribution in [3.8, 4) is 0 Å². The molecule has 0 fully saturated rings. The number of aromatic nitrogens is 1. The molecule has 1 heterocycles. The van der Waals surface area contributed by atoms with Crippen molar-refractivity contribution in [2.45, 2.75) is 20.4 Å². The van der Waals surface area contributed by atoms with E-state index in [1.165, 1.54) is 18.2 Å². The minimum atomic E-state index is -0.971. The zero-order valence-corrected chi connectivity index (χ0v) is 9.12. The number of aryl methyl sites for hydroxylation is 1. The van der Waals surface area contributed by atoms with Crippen LogP contribution >= 0.6 is 0 Å². The monoisotopic (exact) mass is 221 g/mol. The summed E-state index contributed by atoms with van der Waals surface area (Å²) < 4.78 is 14.9. The van der Waals surface area contributed by atoms with Crippen LogP contribution in [0.2, 0.25) is 0 Å². The Morgan fingerprint density at radius 2 is 2.19 bits per heavy atom. The first-order chi connectivity index (χ1) is 7.56. The van der Waals surface area contributed by atoms with Gasteiger partial charge in [-0.1, -0.05) is 0 Å². The van der Waals surface area contributed by atoms with E-state index in [2.05, 4.69) is 0 Å². The number of fused-ring (bicyclic) bond motifs is 1. The number of halogens is 1. The summed E-state index contributed by atoms with van der Waals surface area (Å²) in [6.07, 6.45) is 0. The normalized spacial score (nSPS) is 10.9. The number of nitrogens with zero attached hydrogens (tertiary/aromatic N) is 1. The van der Waals surface area contributed by atoms with Crippen LogP contribution in [-0.2, 0) is 6.54 Å². The van der Waals surface area contributed by atoms with Gasteiger partial charge in [0.05, 0.1) is 11.1 Å². The van der Waals surface area contributed by atoms with E-state index in [0.29, 0.717) is 23.1 Å². The van der Waals surface area contributed by atoms with Gasteiger partial charge >= 0.3 is 5.97 Å². The molecule has 84 valence electrons. The van der Waals surface area contributed by atoms with Crippen molar-refractivity contribution in [2.75, 3.05) is 0 Å². The van der Waals surface area contributed by atoms with Gasteiger partial charge in [0, 0.05) is 17.6 Å². The minimum absolute atomic E-state index is 0.261. The Bertz CT molecular complexity index is 572. The summed E-state index contributed by atoms with van der Waals surface area (Å²) in [6.45, 7) is 4.27. The van der Waals surface area contributed by atoms with Crippen molar-refractivity contribution in [1.82, 2.24) is 4.57 Å². The van der Waals surface area contributed by atoms with E-state index in [4.69, 9.17) is 5.11 Å². The van der Waals surface area contributed by atoms with Crippen LogP contribution in [0.3, 0.4) is 0 Å². The first-order valence-electron chi connectivity index (χ1n) is 5.08. The van der Waals surface area contributed by atoms with E-state index in [9.17, 15) is 9.18 Å². The number of carboxylic acid groups (broad SMARTS) is 1. The highest BCUT2D eigenvalue weighted by molar-refractivity contribution is 6.05. The van der Waals surface area contributed by atoms with Crippen LogP contribution in [0, 0.1) is 12.7 Å². The molecule has 0 spiro atoms. The standard InChI is InChI=1S/C12H12FNO2/c1-3-14-7(2)11(12(15)16)9-5-4-8(13)6-10(9)14/h4-6H,3H2,1-2H3,(H,15,16). The first-order valence-corrected chi connectivity index (χ1v) is 5.08. The second kappa shape index (κ2) is 3.63. The lowest BCUT2D eigenvalue weighted by Gasteiger charge is -2.03. The lowest BCUT2D eigenvalue weighted by molar-refractivity contribution is 0.0698. The second-order valence-electron chi connectivity index (χ2n) is 3.67. The summed E-state index contributed by atoms with van der Waals surface area (Å²) in [5.41, 5.74) is 1.56. The molecule has 0 unspecified atom stereocenters. The van der Waals surface area contributed by atoms with Gasteiger partial charge in [0.15, 0.2) is 0 Å². The number of benzene rings is 1. The summed E-state index contributed by atoms with van der Waals surface area (Å²) in [6, 6.07) is 4.18. The molecular weight excluding hydrogens is 209 g/mol. The van der Waals surface area contributed by atoms with Gasteiger partial charge in [0.2, 0.25) is 0 Å². The summed E-state index contributed by atoms with van der Waals surface area (Å²) >= 11 is 0. The van der Waals surface area contributed by atoms with E-state index in [-0.39, 0.29) is 11.4 Å². The predicted molar refractivity (Wildman–Crippen MR) is 59.3 cm³/mol. The van der Waals surface area contributed by atoms with Crippen LogP contribution in [-0.4, -0.2) is 15.6 Å². The van der Waals surface area contributed by atoms with Crippen molar-refractivity contribution in [1.29, 1.82) is 0 Å². The number of hydrogen-bond acceptors (Lipinski definition) is 1.